The first-order valence-corrected chi connectivity index (χ1v) is 6.07. The average molecular weight is 276 g/mol. The van der Waals surface area contributed by atoms with Crippen molar-refractivity contribution in [3.63, 3.8) is 0 Å². The molecular formula is C14H14ClN3O. The van der Waals surface area contributed by atoms with E-state index in [1.165, 1.54) is 0 Å². The van der Waals surface area contributed by atoms with Gasteiger partial charge < -0.3 is 16.8 Å². The van der Waals surface area contributed by atoms with Gasteiger partial charge in [0.25, 0.3) is 0 Å². The van der Waals surface area contributed by atoms with Gasteiger partial charge in [0.1, 0.15) is 0 Å². The number of carbonyl (C=O) groups is 1. The third-order valence-corrected chi connectivity index (χ3v) is 3.06. The van der Waals surface area contributed by atoms with Crippen molar-refractivity contribution < 1.29 is 4.79 Å². The lowest BCUT2D eigenvalue weighted by Crippen LogP contribution is -2.11. The van der Waals surface area contributed by atoms with Crippen LogP contribution in [0.5, 0.6) is 0 Å². The monoisotopic (exact) mass is 275 g/mol. The summed E-state index contributed by atoms with van der Waals surface area (Å²) in [6.07, 6.45) is 0. The maximum Gasteiger partial charge on any atom is 0.248 e. The number of hydrogen-bond acceptors (Lipinski definition) is 3. The van der Waals surface area contributed by atoms with Crippen LogP contribution in [0.3, 0.4) is 0 Å². The summed E-state index contributed by atoms with van der Waals surface area (Å²) >= 11 is 6.11. The van der Waals surface area contributed by atoms with Crippen LogP contribution in [0.15, 0.2) is 36.4 Å². The van der Waals surface area contributed by atoms with Gasteiger partial charge in [0, 0.05) is 5.56 Å². The molecule has 5 N–H and O–H groups in total. The van der Waals surface area contributed by atoms with Gasteiger partial charge >= 0.3 is 0 Å². The molecule has 0 aliphatic rings. The van der Waals surface area contributed by atoms with E-state index in [9.17, 15) is 4.79 Å². The first-order chi connectivity index (χ1) is 8.97. The van der Waals surface area contributed by atoms with Gasteiger partial charge in [-0.2, -0.15) is 0 Å². The molecule has 19 heavy (non-hydrogen) atoms. The number of benzene rings is 2. The number of rotatable bonds is 3. The molecule has 0 spiro atoms. The zero-order valence-corrected chi connectivity index (χ0v) is 11.2. The first-order valence-electron chi connectivity index (χ1n) is 5.70. The fourth-order valence-corrected chi connectivity index (χ4v) is 1.86. The van der Waals surface area contributed by atoms with Gasteiger partial charge in [-0.15, -0.1) is 0 Å². The number of amides is 1. The average Bonchev–Trinajstić information content (AvgIpc) is 2.36. The van der Waals surface area contributed by atoms with Crippen LogP contribution in [-0.2, 0) is 0 Å². The summed E-state index contributed by atoms with van der Waals surface area (Å²) in [5, 5.41) is 3.69. The Hall–Kier alpha value is -2.20. The highest BCUT2D eigenvalue weighted by atomic mass is 35.5. The van der Waals surface area contributed by atoms with Crippen molar-refractivity contribution >= 4 is 34.6 Å². The molecule has 4 nitrogen and oxygen atoms in total. The number of nitrogens with two attached hydrogens (primary N) is 2. The largest absolute Gasteiger partial charge is 0.397 e. The van der Waals surface area contributed by atoms with Crippen LogP contribution in [0.1, 0.15) is 15.9 Å². The summed E-state index contributed by atoms with van der Waals surface area (Å²) in [6.45, 7) is 1.96. The molecule has 0 aliphatic carbocycles. The zero-order valence-electron chi connectivity index (χ0n) is 10.4. The van der Waals surface area contributed by atoms with Crippen LogP contribution in [0.25, 0.3) is 0 Å². The topological polar surface area (TPSA) is 81.1 Å². The van der Waals surface area contributed by atoms with Crippen molar-refractivity contribution in [1.82, 2.24) is 0 Å². The lowest BCUT2D eigenvalue weighted by molar-refractivity contribution is 0.100. The second-order valence-electron chi connectivity index (χ2n) is 4.27. The number of hydrogen-bond donors (Lipinski definition) is 3. The van der Waals surface area contributed by atoms with Crippen molar-refractivity contribution in [2.75, 3.05) is 11.1 Å². The number of nitrogens with one attached hydrogen (secondary N) is 1. The number of aryl methyl sites for hydroxylation is 1. The Kier molecular flexibility index (Phi) is 3.62. The number of primary amides is 1. The third kappa shape index (κ3) is 2.98. The lowest BCUT2D eigenvalue weighted by atomic mass is 10.1. The second kappa shape index (κ2) is 5.20. The molecule has 1 amide bonds. The molecule has 2 rings (SSSR count). The van der Waals surface area contributed by atoms with Gasteiger partial charge in [-0.3, -0.25) is 4.79 Å². The molecule has 5 heteroatoms. The van der Waals surface area contributed by atoms with E-state index in [2.05, 4.69) is 5.32 Å². The number of anilines is 3. The molecule has 0 aliphatic heterocycles. The molecule has 2 aromatic carbocycles. The van der Waals surface area contributed by atoms with Gasteiger partial charge in [-0.1, -0.05) is 17.7 Å². The molecule has 0 unspecified atom stereocenters. The lowest BCUT2D eigenvalue weighted by Gasteiger charge is -2.12. The molecule has 98 valence electrons. The molecule has 0 fully saturated rings. The van der Waals surface area contributed by atoms with E-state index in [1.54, 1.807) is 24.3 Å². The summed E-state index contributed by atoms with van der Waals surface area (Å²) in [4.78, 5) is 11.2. The Morgan fingerprint density at radius 1 is 1.16 bits per heavy atom. The molecule has 0 heterocycles. The fraction of sp³-hybridized carbons (Fsp3) is 0.0714. The standard InChI is InChI=1S/C14H14ClN3O/c1-8-2-4-10(15)12(6-8)18-13-7-9(14(17)19)3-5-11(13)16/h2-7,18H,16H2,1H3,(H2,17,19). The predicted molar refractivity (Wildman–Crippen MR) is 78.8 cm³/mol. The minimum atomic E-state index is -0.501. The van der Waals surface area contributed by atoms with Crippen LogP contribution in [0.2, 0.25) is 5.02 Å². The van der Waals surface area contributed by atoms with Crippen molar-refractivity contribution in [1.29, 1.82) is 0 Å². The number of halogens is 1. The van der Waals surface area contributed by atoms with Crippen LogP contribution in [0.4, 0.5) is 17.1 Å². The summed E-state index contributed by atoms with van der Waals surface area (Å²) in [7, 11) is 0. The zero-order chi connectivity index (χ0) is 14.0. The Morgan fingerprint density at radius 3 is 2.58 bits per heavy atom. The van der Waals surface area contributed by atoms with Crippen LogP contribution >= 0.6 is 11.6 Å². The van der Waals surface area contributed by atoms with E-state index in [0.717, 1.165) is 11.3 Å². The van der Waals surface area contributed by atoms with E-state index in [0.29, 0.717) is 22.0 Å². The quantitative estimate of drug-likeness (QED) is 0.753. The SMILES string of the molecule is Cc1ccc(Cl)c(Nc2cc(C(N)=O)ccc2N)c1. The molecule has 0 bridgehead atoms. The summed E-state index contributed by atoms with van der Waals surface area (Å²) in [6, 6.07) is 10.4. The molecule has 0 radical (unpaired) electrons. The highest BCUT2D eigenvalue weighted by Gasteiger charge is 2.07. The van der Waals surface area contributed by atoms with Gasteiger partial charge in [0.15, 0.2) is 0 Å². The molecule has 0 atom stereocenters. The second-order valence-corrected chi connectivity index (χ2v) is 4.68. The Bertz CT molecular complexity index is 641. The van der Waals surface area contributed by atoms with Crippen molar-refractivity contribution in [2.45, 2.75) is 6.92 Å². The van der Waals surface area contributed by atoms with Gasteiger partial charge in [0.05, 0.1) is 22.1 Å². The molecular weight excluding hydrogens is 262 g/mol. The molecule has 0 saturated carbocycles. The van der Waals surface area contributed by atoms with E-state index < -0.39 is 5.91 Å². The van der Waals surface area contributed by atoms with Crippen molar-refractivity contribution in [3.8, 4) is 0 Å². The summed E-state index contributed by atoms with van der Waals surface area (Å²) < 4.78 is 0. The first kappa shape index (κ1) is 13.2. The minimum Gasteiger partial charge on any atom is -0.397 e. The van der Waals surface area contributed by atoms with Crippen molar-refractivity contribution in [3.05, 3.63) is 52.5 Å². The number of carbonyl (C=O) groups excluding carboxylic acids is 1. The van der Waals surface area contributed by atoms with E-state index in [-0.39, 0.29) is 0 Å². The Labute approximate surface area is 116 Å². The molecule has 0 saturated heterocycles. The van der Waals surface area contributed by atoms with E-state index >= 15 is 0 Å². The maximum atomic E-state index is 11.2. The highest BCUT2D eigenvalue weighted by molar-refractivity contribution is 6.33. The Balaban J connectivity index is 2.40. The minimum absolute atomic E-state index is 0.389. The van der Waals surface area contributed by atoms with E-state index in [1.807, 2.05) is 19.1 Å². The smallest absolute Gasteiger partial charge is 0.248 e. The summed E-state index contributed by atoms with van der Waals surface area (Å²) in [5.41, 5.74) is 14.4. The number of nitrogen functional groups attached to an aromatic ring is 1. The summed E-state index contributed by atoms with van der Waals surface area (Å²) in [5.74, 6) is -0.501. The predicted octanol–water partition coefficient (Wildman–Crippen LogP) is 3.07. The van der Waals surface area contributed by atoms with Crippen LogP contribution in [0, 0.1) is 6.92 Å². The normalized spacial score (nSPS) is 10.2. The Morgan fingerprint density at radius 2 is 1.89 bits per heavy atom. The molecule has 0 aromatic heterocycles. The highest BCUT2D eigenvalue weighted by Crippen LogP contribution is 2.29. The van der Waals surface area contributed by atoms with Crippen LogP contribution < -0.4 is 16.8 Å². The fourth-order valence-electron chi connectivity index (χ4n) is 1.70. The van der Waals surface area contributed by atoms with E-state index in [4.69, 9.17) is 23.1 Å². The van der Waals surface area contributed by atoms with Gasteiger partial charge in [-0.05, 0) is 42.8 Å². The van der Waals surface area contributed by atoms with Crippen molar-refractivity contribution in [2.24, 2.45) is 5.73 Å². The third-order valence-electron chi connectivity index (χ3n) is 2.73. The van der Waals surface area contributed by atoms with Gasteiger partial charge in [0.2, 0.25) is 5.91 Å². The maximum absolute atomic E-state index is 11.2. The van der Waals surface area contributed by atoms with Crippen LogP contribution in [-0.4, -0.2) is 5.91 Å². The molecule has 2 aromatic rings. The van der Waals surface area contributed by atoms with Gasteiger partial charge in [-0.25, -0.2) is 0 Å².